The van der Waals surface area contributed by atoms with Crippen LogP contribution in [0.25, 0.3) is 0 Å². The van der Waals surface area contributed by atoms with Crippen molar-refractivity contribution >= 4 is 0 Å². The summed E-state index contributed by atoms with van der Waals surface area (Å²) >= 11 is 0. The smallest absolute Gasteiger partial charge is 0.0986 e. The fraction of sp³-hybridized carbons (Fsp3) is 1.00. The van der Waals surface area contributed by atoms with Crippen LogP contribution < -0.4 is 0 Å². The summed E-state index contributed by atoms with van der Waals surface area (Å²) < 4.78 is 0. The minimum Gasteiger partial charge on any atom is -0.393 e. The largest absolute Gasteiger partial charge is 0.393 e. The Bertz CT molecular complexity index is 651. The van der Waals surface area contributed by atoms with Crippen LogP contribution in [0.15, 0.2) is 0 Å². The van der Waals surface area contributed by atoms with E-state index in [0.29, 0.717) is 37.0 Å². The van der Waals surface area contributed by atoms with Crippen LogP contribution in [0.4, 0.5) is 0 Å². The van der Waals surface area contributed by atoms with Gasteiger partial charge in [0.2, 0.25) is 0 Å². The first-order chi connectivity index (χ1) is 14.4. The molecule has 4 N–H and O–H groups in total. The summed E-state index contributed by atoms with van der Waals surface area (Å²) in [7, 11) is 0. The third-order valence-corrected chi connectivity index (χ3v) is 11.0. The molecule has 0 aliphatic heterocycles. The number of rotatable bonds is 5. The van der Waals surface area contributed by atoms with E-state index >= 15 is 0 Å². The van der Waals surface area contributed by atoms with Gasteiger partial charge in [0.05, 0.1) is 23.9 Å². The lowest BCUT2D eigenvalue weighted by Gasteiger charge is -2.66. The third-order valence-electron chi connectivity index (χ3n) is 11.0. The Balaban J connectivity index is 1.58. The van der Waals surface area contributed by atoms with Crippen LogP contribution in [0.5, 0.6) is 0 Å². The van der Waals surface area contributed by atoms with Gasteiger partial charge in [0.15, 0.2) is 0 Å². The molecule has 4 heteroatoms. The fourth-order valence-electron chi connectivity index (χ4n) is 9.41. The standard InChI is InChI=1S/C27H48O4/c1-16(2)7-6-8-17(3)20-9-10-21-19-13-23(30)27(31)14-18(28)11-12-26(27,5)24(19)22(29)15-25(20,21)4/h16-24,28-31H,6-15H2,1-5H3/t17-,18+,19?,20-,21?,22+,23-,24?,25-,26-,27+/m1/s1. The van der Waals surface area contributed by atoms with E-state index in [1.54, 1.807) is 0 Å². The van der Waals surface area contributed by atoms with E-state index in [9.17, 15) is 20.4 Å². The molecule has 0 heterocycles. The van der Waals surface area contributed by atoms with Crippen molar-refractivity contribution in [2.75, 3.05) is 0 Å². The molecule has 4 aliphatic rings. The van der Waals surface area contributed by atoms with Crippen molar-refractivity contribution < 1.29 is 20.4 Å². The van der Waals surface area contributed by atoms with Gasteiger partial charge in [-0.15, -0.1) is 0 Å². The van der Waals surface area contributed by atoms with Crippen molar-refractivity contribution in [2.45, 2.75) is 123 Å². The van der Waals surface area contributed by atoms with Crippen LogP contribution in [0.3, 0.4) is 0 Å². The number of fused-ring (bicyclic) bond motifs is 5. The highest BCUT2D eigenvalue weighted by Gasteiger charge is 2.69. The van der Waals surface area contributed by atoms with Gasteiger partial charge in [0.1, 0.15) is 0 Å². The molecule has 4 fully saturated rings. The Kier molecular flexibility index (Phi) is 6.38. The summed E-state index contributed by atoms with van der Waals surface area (Å²) in [6.07, 6.45) is 7.41. The Labute approximate surface area is 189 Å². The molecule has 0 spiro atoms. The van der Waals surface area contributed by atoms with Gasteiger partial charge in [-0.25, -0.2) is 0 Å². The molecule has 0 saturated heterocycles. The molecule has 4 saturated carbocycles. The first-order valence-corrected chi connectivity index (χ1v) is 13.2. The summed E-state index contributed by atoms with van der Waals surface area (Å²) in [6.45, 7) is 11.5. The van der Waals surface area contributed by atoms with Gasteiger partial charge in [0.25, 0.3) is 0 Å². The third kappa shape index (κ3) is 3.63. The van der Waals surface area contributed by atoms with E-state index in [1.165, 1.54) is 32.1 Å². The van der Waals surface area contributed by atoms with E-state index < -0.39 is 29.3 Å². The second-order valence-corrected chi connectivity index (χ2v) is 13.0. The van der Waals surface area contributed by atoms with E-state index in [-0.39, 0.29) is 23.7 Å². The maximum atomic E-state index is 11.6. The molecule has 0 aromatic carbocycles. The van der Waals surface area contributed by atoms with E-state index in [4.69, 9.17) is 0 Å². The van der Waals surface area contributed by atoms with Crippen molar-refractivity contribution in [1.82, 2.24) is 0 Å². The molecule has 0 aromatic heterocycles. The van der Waals surface area contributed by atoms with E-state index in [0.717, 1.165) is 12.3 Å². The summed E-state index contributed by atoms with van der Waals surface area (Å²) in [6, 6.07) is 0. The van der Waals surface area contributed by atoms with Crippen molar-refractivity contribution in [3.8, 4) is 0 Å². The maximum absolute atomic E-state index is 11.6. The lowest BCUT2D eigenvalue weighted by atomic mass is 9.41. The first kappa shape index (κ1) is 24.0. The molecule has 11 atom stereocenters. The van der Waals surface area contributed by atoms with Gasteiger partial charge >= 0.3 is 0 Å². The molecule has 3 unspecified atom stereocenters. The molecule has 0 bridgehead atoms. The Morgan fingerprint density at radius 1 is 0.935 bits per heavy atom. The predicted molar refractivity (Wildman–Crippen MR) is 123 cm³/mol. The molecule has 0 amide bonds. The Morgan fingerprint density at radius 3 is 2.32 bits per heavy atom. The van der Waals surface area contributed by atoms with Crippen molar-refractivity contribution in [1.29, 1.82) is 0 Å². The number of aliphatic hydroxyl groups excluding tert-OH is 3. The van der Waals surface area contributed by atoms with Crippen molar-refractivity contribution in [2.24, 2.45) is 46.3 Å². The molecule has 4 aliphatic carbocycles. The lowest BCUT2D eigenvalue weighted by molar-refractivity contribution is -0.282. The number of aliphatic hydroxyl groups is 4. The number of hydrogen-bond acceptors (Lipinski definition) is 4. The monoisotopic (exact) mass is 436 g/mol. The van der Waals surface area contributed by atoms with Crippen LogP contribution in [0.2, 0.25) is 0 Å². The molecule has 0 aromatic rings. The second-order valence-electron chi connectivity index (χ2n) is 13.0. The molecule has 4 rings (SSSR count). The quantitative estimate of drug-likeness (QED) is 0.511. The van der Waals surface area contributed by atoms with E-state index in [1.807, 2.05) is 0 Å². The van der Waals surface area contributed by atoms with Crippen LogP contribution >= 0.6 is 0 Å². The highest BCUT2D eigenvalue weighted by Crippen LogP contribution is 2.69. The van der Waals surface area contributed by atoms with Crippen LogP contribution in [0.1, 0.15) is 98.8 Å². The van der Waals surface area contributed by atoms with Crippen LogP contribution in [0, 0.1) is 46.3 Å². The highest BCUT2D eigenvalue weighted by molar-refractivity contribution is 5.19. The van der Waals surface area contributed by atoms with Crippen molar-refractivity contribution in [3.05, 3.63) is 0 Å². The number of hydrogen-bond donors (Lipinski definition) is 4. The normalized spacial score (nSPS) is 53.0. The molecule has 180 valence electrons. The molecule has 31 heavy (non-hydrogen) atoms. The summed E-state index contributed by atoms with van der Waals surface area (Å²) in [5.74, 6) is 2.86. The molecular formula is C27H48O4. The molecule has 4 nitrogen and oxygen atoms in total. The zero-order chi connectivity index (χ0) is 22.8. The Morgan fingerprint density at radius 2 is 1.65 bits per heavy atom. The zero-order valence-corrected chi connectivity index (χ0v) is 20.6. The SMILES string of the molecule is CC(C)CCC[C@@H](C)[C@H]1CCC2C3C[C@@H](O)[C@@]4(O)C[C@@H](O)CC[C@]4(C)C3[C@@H](O)C[C@@]21C. The van der Waals surface area contributed by atoms with E-state index in [2.05, 4.69) is 34.6 Å². The highest BCUT2D eigenvalue weighted by atomic mass is 16.3. The first-order valence-electron chi connectivity index (χ1n) is 13.2. The van der Waals surface area contributed by atoms with Crippen LogP contribution in [-0.2, 0) is 0 Å². The average molecular weight is 437 g/mol. The van der Waals surface area contributed by atoms with Gasteiger partial charge < -0.3 is 20.4 Å². The van der Waals surface area contributed by atoms with Crippen LogP contribution in [-0.4, -0.2) is 44.3 Å². The summed E-state index contributed by atoms with van der Waals surface area (Å²) in [5.41, 5.74) is -1.70. The lowest BCUT2D eigenvalue weighted by Crippen LogP contribution is -2.71. The summed E-state index contributed by atoms with van der Waals surface area (Å²) in [4.78, 5) is 0. The average Bonchev–Trinajstić information content (AvgIpc) is 3.00. The van der Waals surface area contributed by atoms with Gasteiger partial charge in [-0.1, -0.05) is 53.9 Å². The topological polar surface area (TPSA) is 80.9 Å². The predicted octanol–water partition coefficient (Wildman–Crippen LogP) is 4.53. The summed E-state index contributed by atoms with van der Waals surface area (Å²) in [5, 5.41) is 44.6. The van der Waals surface area contributed by atoms with Gasteiger partial charge in [-0.05, 0) is 79.4 Å². The van der Waals surface area contributed by atoms with Gasteiger partial charge in [-0.3, -0.25) is 0 Å². The second kappa shape index (κ2) is 8.25. The minimum absolute atomic E-state index is 0.0153. The molecule has 0 radical (unpaired) electrons. The fourth-order valence-corrected chi connectivity index (χ4v) is 9.41. The van der Waals surface area contributed by atoms with Gasteiger partial charge in [-0.2, -0.15) is 0 Å². The van der Waals surface area contributed by atoms with Crippen molar-refractivity contribution in [3.63, 3.8) is 0 Å². The zero-order valence-electron chi connectivity index (χ0n) is 20.6. The minimum atomic E-state index is -1.29. The molecular weight excluding hydrogens is 388 g/mol. The van der Waals surface area contributed by atoms with Gasteiger partial charge in [0, 0.05) is 11.8 Å². The maximum Gasteiger partial charge on any atom is 0.0986 e. The Hall–Kier alpha value is -0.160.